The first kappa shape index (κ1) is 30.8. The summed E-state index contributed by atoms with van der Waals surface area (Å²) in [4.78, 5) is 30.9. The van der Waals surface area contributed by atoms with Crippen molar-refractivity contribution in [3.63, 3.8) is 0 Å². The summed E-state index contributed by atoms with van der Waals surface area (Å²) < 4.78 is 1.90. The van der Waals surface area contributed by atoms with Crippen molar-refractivity contribution in [1.29, 1.82) is 0 Å². The van der Waals surface area contributed by atoms with Crippen LogP contribution in [-0.4, -0.2) is 92.6 Å². The Morgan fingerprint density at radius 2 is 1.71 bits per heavy atom. The average molecular weight is 612 g/mol. The third-order valence-electron chi connectivity index (χ3n) is 8.66. The molecule has 45 heavy (non-hydrogen) atoms. The zero-order chi connectivity index (χ0) is 30.7. The van der Waals surface area contributed by atoms with Crippen LogP contribution in [0, 0.1) is 0 Å². The highest BCUT2D eigenvalue weighted by Gasteiger charge is 2.25. The molecule has 3 N–H and O–H groups in total. The number of anilines is 2. The van der Waals surface area contributed by atoms with Gasteiger partial charge in [-0.25, -0.2) is 4.98 Å². The van der Waals surface area contributed by atoms with Gasteiger partial charge in [-0.3, -0.25) is 14.5 Å². The predicted molar refractivity (Wildman–Crippen MR) is 176 cm³/mol. The van der Waals surface area contributed by atoms with E-state index in [1.165, 1.54) is 32.1 Å². The molecule has 238 valence electrons. The Morgan fingerprint density at radius 3 is 2.56 bits per heavy atom. The normalized spacial score (nSPS) is 15.9. The van der Waals surface area contributed by atoms with Crippen molar-refractivity contribution in [2.24, 2.45) is 0 Å². The number of hydrogen-bond acceptors (Lipinski definition) is 10. The molecule has 2 fully saturated rings. The van der Waals surface area contributed by atoms with E-state index in [2.05, 4.69) is 42.2 Å². The molecule has 0 unspecified atom stereocenters. The van der Waals surface area contributed by atoms with Gasteiger partial charge in [0.2, 0.25) is 5.95 Å². The number of pyridine rings is 1. The highest BCUT2D eigenvalue weighted by atomic mass is 16.2. The van der Waals surface area contributed by atoms with E-state index in [0.29, 0.717) is 44.4 Å². The lowest BCUT2D eigenvalue weighted by Gasteiger charge is -2.35. The smallest absolute Gasteiger partial charge is 0.272 e. The van der Waals surface area contributed by atoms with Crippen molar-refractivity contribution in [1.82, 2.24) is 45.5 Å². The van der Waals surface area contributed by atoms with Gasteiger partial charge in [0.1, 0.15) is 17.2 Å². The van der Waals surface area contributed by atoms with Crippen LogP contribution in [0.4, 0.5) is 11.8 Å². The molecular formula is C33H45N11O. The van der Waals surface area contributed by atoms with E-state index in [-0.39, 0.29) is 5.91 Å². The third-order valence-corrected chi connectivity index (χ3v) is 8.66. The molecule has 0 bridgehead atoms. The molecule has 1 aliphatic heterocycles. The largest absolute Gasteiger partial charge is 0.352 e. The van der Waals surface area contributed by atoms with Crippen LogP contribution in [0.1, 0.15) is 61.1 Å². The van der Waals surface area contributed by atoms with Crippen molar-refractivity contribution in [3.05, 3.63) is 66.2 Å². The average Bonchev–Trinajstić information content (AvgIpc) is 3.56. The Labute approximate surface area is 265 Å². The Kier molecular flexibility index (Phi) is 10.8. The molecule has 1 saturated heterocycles. The quantitative estimate of drug-likeness (QED) is 0.182. The maximum Gasteiger partial charge on any atom is 0.272 e. The van der Waals surface area contributed by atoms with Gasteiger partial charge in [0, 0.05) is 50.3 Å². The maximum absolute atomic E-state index is 12.9. The Bertz CT molecular complexity index is 1500. The minimum absolute atomic E-state index is 0.0351. The minimum atomic E-state index is -0.0351. The summed E-state index contributed by atoms with van der Waals surface area (Å²) in [6, 6.07) is 14.2. The standard InChI is InChI=1S/C33H45N11O/c45-32(30-14-6-7-17-36-30)43-22-20-42(21-23-43)31-28-12-4-5-13-29(28)38-33(39-31)37-24-27-25-44(41-40-27)19-9-16-34-15-8-18-35-26-10-2-1-3-11-26/h4-7,12-14,17,25-26,34-35H,1-3,8-11,15-16,18-24H2,(H,37,38,39). The number of rotatable bonds is 14. The fourth-order valence-corrected chi connectivity index (χ4v) is 6.17. The Hall–Kier alpha value is -4.16. The van der Waals surface area contributed by atoms with Gasteiger partial charge in [-0.05, 0) is 69.6 Å². The molecule has 12 nitrogen and oxygen atoms in total. The summed E-state index contributed by atoms with van der Waals surface area (Å²) in [6.45, 7) is 6.99. The van der Waals surface area contributed by atoms with Gasteiger partial charge in [-0.15, -0.1) is 5.10 Å². The first-order valence-corrected chi connectivity index (χ1v) is 16.5. The highest BCUT2D eigenvalue weighted by molar-refractivity contribution is 5.93. The number of carbonyl (C=O) groups is 1. The van der Waals surface area contributed by atoms with Crippen LogP contribution in [-0.2, 0) is 13.1 Å². The first-order valence-electron chi connectivity index (χ1n) is 16.5. The van der Waals surface area contributed by atoms with Crippen molar-refractivity contribution in [2.45, 2.75) is 64.1 Å². The Morgan fingerprint density at radius 1 is 0.889 bits per heavy atom. The molecule has 12 heteroatoms. The maximum atomic E-state index is 12.9. The third kappa shape index (κ3) is 8.52. The zero-order valence-corrected chi connectivity index (χ0v) is 26.1. The molecule has 3 aromatic heterocycles. The molecule has 1 aromatic carbocycles. The number of fused-ring (bicyclic) bond motifs is 1. The first-order chi connectivity index (χ1) is 22.2. The topological polar surface area (TPSA) is 129 Å². The van der Waals surface area contributed by atoms with Crippen molar-refractivity contribution in [3.8, 4) is 0 Å². The van der Waals surface area contributed by atoms with Crippen LogP contribution in [0.15, 0.2) is 54.9 Å². The second-order valence-electron chi connectivity index (χ2n) is 12.0. The van der Waals surface area contributed by atoms with Gasteiger partial charge in [0.25, 0.3) is 5.91 Å². The number of piperazine rings is 1. The van der Waals surface area contributed by atoms with Crippen LogP contribution in [0.5, 0.6) is 0 Å². The summed E-state index contributed by atoms with van der Waals surface area (Å²) in [7, 11) is 0. The molecular weight excluding hydrogens is 566 g/mol. The summed E-state index contributed by atoms with van der Waals surface area (Å²) in [5, 5.41) is 20.3. The van der Waals surface area contributed by atoms with E-state index < -0.39 is 0 Å². The van der Waals surface area contributed by atoms with Gasteiger partial charge in [-0.1, -0.05) is 42.7 Å². The molecule has 1 aliphatic carbocycles. The fraction of sp³-hybridized carbons (Fsp3) is 0.515. The van der Waals surface area contributed by atoms with Gasteiger partial charge in [0.05, 0.1) is 18.3 Å². The second kappa shape index (κ2) is 15.7. The summed E-state index contributed by atoms with van der Waals surface area (Å²) in [5.74, 6) is 1.38. The van der Waals surface area contributed by atoms with Gasteiger partial charge in [-0.2, -0.15) is 4.98 Å². The predicted octanol–water partition coefficient (Wildman–Crippen LogP) is 3.48. The van der Waals surface area contributed by atoms with E-state index >= 15 is 0 Å². The van der Waals surface area contributed by atoms with Crippen molar-refractivity contribution in [2.75, 3.05) is 56.0 Å². The van der Waals surface area contributed by atoms with Gasteiger partial charge in [0.15, 0.2) is 0 Å². The number of aryl methyl sites for hydroxylation is 1. The SMILES string of the molecule is O=C(c1ccccn1)N1CCN(c2nc(NCc3cn(CCCNCCCNC4CCCCC4)nn3)nc3ccccc23)CC1. The number of carbonyl (C=O) groups excluding carboxylic acids is 1. The van der Waals surface area contributed by atoms with E-state index in [9.17, 15) is 4.79 Å². The summed E-state index contributed by atoms with van der Waals surface area (Å²) in [6.07, 6.45) is 12.7. The molecule has 4 heterocycles. The number of para-hydroxylation sites is 1. The number of amides is 1. The molecule has 1 amide bonds. The Balaban J connectivity index is 0.959. The van der Waals surface area contributed by atoms with Gasteiger partial charge >= 0.3 is 0 Å². The highest BCUT2D eigenvalue weighted by Crippen LogP contribution is 2.26. The van der Waals surface area contributed by atoms with Crippen LogP contribution in [0.2, 0.25) is 0 Å². The van der Waals surface area contributed by atoms with Gasteiger partial charge < -0.3 is 25.8 Å². The number of nitrogens with one attached hydrogen (secondary N) is 3. The van der Waals surface area contributed by atoms with E-state index in [4.69, 9.17) is 9.97 Å². The van der Waals surface area contributed by atoms with Crippen LogP contribution >= 0.6 is 0 Å². The molecule has 0 spiro atoms. The number of benzene rings is 1. The summed E-state index contributed by atoms with van der Waals surface area (Å²) >= 11 is 0. The zero-order valence-electron chi connectivity index (χ0n) is 26.1. The van der Waals surface area contributed by atoms with E-state index in [1.54, 1.807) is 12.3 Å². The van der Waals surface area contributed by atoms with Crippen molar-refractivity contribution < 1.29 is 4.79 Å². The molecule has 2 aliphatic rings. The monoisotopic (exact) mass is 611 g/mol. The van der Waals surface area contributed by atoms with E-state index in [0.717, 1.165) is 67.5 Å². The summed E-state index contributed by atoms with van der Waals surface area (Å²) in [5.41, 5.74) is 2.20. The van der Waals surface area contributed by atoms with Crippen LogP contribution < -0.4 is 20.9 Å². The number of nitrogens with zero attached hydrogens (tertiary/aromatic N) is 8. The van der Waals surface area contributed by atoms with E-state index in [1.807, 2.05) is 46.1 Å². The number of hydrogen-bond donors (Lipinski definition) is 3. The molecule has 0 radical (unpaired) electrons. The molecule has 0 atom stereocenters. The van der Waals surface area contributed by atoms with Crippen molar-refractivity contribution >= 4 is 28.6 Å². The fourth-order valence-electron chi connectivity index (χ4n) is 6.17. The lowest BCUT2D eigenvalue weighted by Crippen LogP contribution is -2.49. The second-order valence-corrected chi connectivity index (χ2v) is 12.0. The lowest BCUT2D eigenvalue weighted by molar-refractivity contribution is 0.0740. The minimum Gasteiger partial charge on any atom is -0.352 e. The van der Waals surface area contributed by atoms with Crippen LogP contribution in [0.3, 0.4) is 0 Å². The molecule has 4 aromatic rings. The molecule has 6 rings (SSSR count). The van der Waals surface area contributed by atoms with Crippen LogP contribution in [0.25, 0.3) is 10.9 Å². The number of aromatic nitrogens is 6. The molecule has 1 saturated carbocycles. The lowest BCUT2D eigenvalue weighted by atomic mass is 9.95.